The largest absolute Gasteiger partial charge is 0.508 e. The number of phenols is 1. The van der Waals surface area contributed by atoms with E-state index in [4.69, 9.17) is 18.9 Å². The summed E-state index contributed by atoms with van der Waals surface area (Å²) in [5.74, 6) is 0.927. The van der Waals surface area contributed by atoms with Gasteiger partial charge >= 0.3 is 0 Å². The van der Waals surface area contributed by atoms with Crippen molar-refractivity contribution >= 4 is 22.9 Å². The van der Waals surface area contributed by atoms with E-state index in [1.54, 1.807) is 26.1 Å². The van der Waals surface area contributed by atoms with Crippen molar-refractivity contribution in [1.82, 2.24) is 0 Å². The van der Waals surface area contributed by atoms with Gasteiger partial charge in [0.2, 0.25) is 11.3 Å². The van der Waals surface area contributed by atoms with E-state index in [9.17, 15) is 40.5 Å². The molecule has 7 atom stereocenters. The Kier molecular flexibility index (Phi) is 10.3. The molecule has 3 aliphatic heterocycles. The van der Waals surface area contributed by atoms with E-state index in [2.05, 4.69) is 4.99 Å². The summed E-state index contributed by atoms with van der Waals surface area (Å²) in [4.78, 5) is 30.2. The van der Waals surface area contributed by atoms with Crippen LogP contribution in [0.5, 0.6) is 11.5 Å². The van der Waals surface area contributed by atoms with E-state index in [1.807, 2.05) is 12.3 Å². The number of aliphatic hydroxyl groups excluding tert-OH is 5. The maximum atomic E-state index is 13.3. The van der Waals surface area contributed by atoms with Crippen molar-refractivity contribution < 1.29 is 59.6 Å². The minimum atomic E-state index is -2.25. The number of hydrogen-bond acceptors (Lipinski definition) is 13. The standard InChI is InChI=1S/C36H42N2O12/c1-20-12-27(42)25-13-23-14-29(50-47-19-36(46,34(45)31(44)28(43)18-40)15-21-4-6-24(41)7-5-21)35(2,9-3-11-39)49-32(23)30(33(25)48-20)38-16-22-8-10-37-26(22)17-38/h4-8,10,12-13,17,28-29,31,34,39-41,43-46H,3,9,11,14-16,18-19H2,1-2H3/p+1/t28-,29-,31-,34+,35-,36+/m1/s1. The molecule has 4 heterocycles. The average Bonchev–Trinajstić information content (AvgIpc) is 3.70. The van der Waals surface area contributed by atoms with Crippen LogP contribution < -0.4 is 15.1 Å². The molecule has 0 radical (unpaired) electrons. The lowest BCUT2D eigenvalue weighted by molar-refractivity contribution is -0.763. The molecular weight excluding hydrogens is 652 g/mol. The smallest absolute Gasteiger partial charge is 0.222 e. The van der Waals surface area contributed by atoms with E-state index in [0.717, 1.165) is 16.2 Å². The third-order valence-electron chi connectivity index (χ3n) is 9.65. The maximum absolute atomic E-state index is 13.3. The van der Waals surface area contributed by atoms with Gasteiger partial charge in [0.15, 0.2) is 11.2 Å². The number of aryl methyl sites for hydroxylation is 1. The highest BCUT2D eigenvalue weighted by atomic mass is 17.2. The van der Waals surface area contributed by atoms with Crippen LogP contribution in [-0.4, -0.2) is 104 Å². The number of aromatic hydroxyl groups is 1. The van der Waals surface area contributed by atoms with Gasteiger partial charge in [-0.15, -0.1) is 0 Å². The van der Waals surface area contributed by atoms with Gasteiger partial charge in [-0.05, 0) is 56.5 Å². The first kappa shape index (κ1) is 35.9. The van der Waals surface area contributed by atoms with Gasteiger partial charge in [-0.25, -0.2) is 9.78 Å². The summed E-state index contributed by atoms with van der Waals surface area (Å²) in [6.45, 7) is 2.37. The number of nitrogens with zero attached hydrogens (tertiary/aromatic N) is 1. The molecule has 6 rings (SSSR count). The minimum Gasteiger partial charge on any atom is -0.508 e. The second-order valence-corrected chi connectivity index (χ2v) is 13.5. The highest BCUT2D eigenvalue weighted by Crippen LogP contribution is 2.44. The molecule has 0 amide bonds. The molecule has 2 aromatic carbocycles. The Bertz CT molecular complexity index is 1870. The van der Waals surface area contributed by atoms with E-state index in [1.165, 1.54) is 30.3 Å². The summed E-state index contributed by atoms with van der Waals surface area (Å²) in [5, 5.41) is 72.5. The summed E-state index contributed by atoms with van der Waals surface area (Å²) in [6.07, 6.45) is -0.374. The molecule has 0 spiro atoms. The van der Waals surface area contributed by atoms with E-state index < -0.39 is 48.8 Å². The van der Waals surface area contributed by atoms with E-state index in [-0.39, 0.29) is 30.6 Å². The summed E-state index contributed by atoms with van der Waals surface area (Å²) >= 11 is 0. The van der Waals surface area contributed by atoms with Crippen LogP contribution in [0.3, 0.4) is 0 Å². The normalized spacial score (nSPS) is 24.2. The Morgan fingerprint density at radius 2 is 1.92 bits per heavy atom. The molecule has 1 aromatic heterocycles. The lowest BCUT2D eigenvalue weighted by Crippen LogP contribution is -3.01. The first-order chi connectivity index (χ1) is 23.9. The van der Waals surface area contributed by atoms with Crippen molar-refractivity contribution in [2.75, 3.05) is 26.4 Å². The molecule has 0 fully saturated rings. The highest BCUT2D eigenvalue weighted by molar-refractivity contribution is 5.90. The molecule has 3 aliphatic rings. The van der Waals surface area contributed by atoms with Crippen molar-refractivity contribution in [3.05, 3.63) is 87.1 Å². The van der Waals surface area contributed by atoms with Gasteiger partial charge in [0.1, 0.15) is 72.2 Å². The van der Waals surface area contributed by atoms with Crippen molar-refractivity contribution in [3.63, 3.8) is 0 Å². The molecule has 3 aromatic rings. The molecule has 1 unspecified atom stereocenters. The summed E-state index contributed by atoms with van der Waals surface area (Å²) in [6, 6.07) is 8.92. The fourth-order valence-corrected chi connectivity index (χ4v) is 6.80. The number of ether oxygens (including phenoxy) is 1. The first-order valence-corrected chi connectivity index (χ1v) is 16.5. The number of benzene rings is 2. The predicted octanol–water partition coefficient (Wildman–Crippen LogP) is 0.0209. The monoisotopic (exact) mass is 695 g/mol. The quantitative estimate of drug-likeness (QED) is 0.0828. The lowest BCUT2D eigenvalue weighted by Gasteiger charge is -2.42. The minimum absolute atomic E-state index is 0.0202. The number of fused-ring (bicyclic) bond motifs is 3. The SMILES string of the molecule is Cc1cc(=O)c2cc3c(c([NH+]4C=C5N=CC=C5C4)c2o1)O[C@](C)(CCCO)[C@H](OOC[C@@](O)(Cc1ccc(O)cc1)[C@@H](O)[C@H](O)[C@H](O)CO)C3. The zero-order valence-corrected chi connectivity index (χ0v) is 27.8. The van der Waals surface area contributed by atoms with Crippen LogP contribution in [0.1, 0.15) is 36.7 Å². The van der Waals surface area contributed by atoms with Crippen LogP contribution in [-0.2, 0) is 22.6 Å². The lowest BCUT2D eigenvalue weighted by atomic mass is 9.85. The maximum Gasteiger partial charge on any atom is 0.222 e. The van der Waals surface area contributed by atoms with Crippen molar-refractivity contribution in [2.24, 2.45) is 4.99 Å². The highest BCUT2D eigenvalue weighted by Gasteiger charge is 2.48. The van der Waals surface area contributed by atoms with Crippen LogP contribution in [0, 0.1) is 6.92 Å². The third kappa shape index (κ3) is 6.99. The fourth-order valence-electron chi connectivity index (χ4n) is 6.80. The number of aliphatic imine (C=N–C) groups is 1. The van der Waals surface area contributed by atoms with Crippen LogP contribution in [0.4, 0.5) is 5.69 Å². The molecule has 0 bridgehead atoms. The number of rotatable bonds is 14. The Labute approximate surface area is 287 Å². The third-order valence-corrected chi connectivity index (χ3v) is 9.65. The Morgan fingerprint density at radius 3 is 2.62 bits per heavy atom. The van der Waals surface area contributed by atoms with Crippen LogP contribution >= 0.6 is 0 Å². The van der Waals surface area contributed by atoms with Gasteiger partial charge in [-0.1, -0.05) is 12.1 Å². The molecule has 0 saturated heterocycles. The molecule has 14 heteroatoms. The molecule has 50 heavy (non-hydrogen) atoms. The number of nitrogens with one attached hydrogen (secondary N) is 1. The molecule has 268 valence electrons. The number of aliphatic hydroxyl groups is 6. The molecule has 0 aliphatic carbocycles. The zero-order chi connectivity index (χ0) is 35.8. The number of allylic oxidation sites excluding steroid dienone is 1. The van der Waals surface area contributed by atoms with Gasteiger partial charge in [0, 0.05) is 42.9 Å². The van der Waals surface area contributed by atoms with Crippen molar-refractivity contribution in [3.8, 4) is 11.5 Å². The second-order valence-electron chi connectivity index (χ2n) is 13.5. The predicted molar refractivity (Wildman–Crippen MR) is 179 cm³/mol. The van der Waals surface area contributed by atoms with Gasteiger partial charge in [-0.2, -0.15) is 0 Å². The Morgan fingerprint density at radius 1 is 1.16 bits per heavy atom. The van der Waals surface area contributed by atoms with E-state index >= 15 is 0 Å². The van der Waals surface area contributed by atoms with Gasteiger partial charge in [0.05, 0.1) is 12.0 Å². The number of hydrogen-bond donors (Lipinski definition) is 8. The summed E-state index contributed by atoms with van der Waals surface area (Å²) in [5.41, 5.74) is 0.401. The molecular formula is C36H43N2O12+. The zero-order valence-electron chi connectivity index (χ0n) is 27.8. The second kappa shape index (κ2) is 14.3. The van der Waals surface area contributed by atoms with Gasteiger partial charge in [-0.3, -0.25) is 14.7 Å². The fraction of sp³-hybridized carbons (Fsp3) is 0.444. The van der Waals surface area contributed by atoms with E-state index in [0.29, 0.717) is 58.7 Å². The average molecular weight is 696 g/mol. The topological polar surface area (TPSA) is 216 Å². The number of phenolic OH excluding ortho intramolecular Hbond substituents is 1. The molecule has 8 N–H and O–H groups in total. The van der Waals surface area contributed by atoms with Crippen LogP contribution in [0.2, 0.25) is 0 Å². The summed E-state index contributed by atoms with van der Waals surface area (Å²) in [7, 11) is 0. The summed E-state index contributed by atoms with van der Waals surface area (Å²) < 4.78 is 13.0. The molecule has 0 saturated carbocycles. The van der Waals surface area contributed by atoms with Gasteiger partial charge in [0.25, 0.3) is 0 Å². The van der Waals surface area contributed by atoms with Crippen molar-refractivity contribution in [1.29, 1.82) is 0 Å². The Hall–Kier alpha value is -3.96. The van der Waals surface area contributed by atoms with Crippen molar-refractivity contribution in [2.45, 2.75) is 75.1 Å². The number of quaternary nitrogens is 1. The van der Waals surface area contributed by atoms with Crippen LogP contribution in [0.15, 0.2) is 74.1 Å². The van der Waals surface area contributed by atoms with Crippen LogP contribution in [0.25, 0.3) is 11.0 Å². The molecule has 14 nitrogen and oxygen atoms in total. The first-order valence-electron chi connectivity index (χ1n) is 16.5. The Balaban J connectivity index is 1.33. The van der Waals surface area contributed by atoms with Gasteiger partial charge < -0.3 is 44.9 Å².